The molecule has 0 heterocycles. The fraction of sp³-hybridized carbons (Fsp3) is 0.467. The summed E-state index contributed by atoms with van der Waals surface area (Å²) in [6.07, 6.45) is 2.29. The zero-order valence-corrected chi connectivity index (χ0v) is 13.0. The van der Waals surface area contributed by atoms with E-state index in [4.69, 9.17) is 4.43 Å². The molecule has 0 N–H and O–H groups in total. The first-order chi connectivity index (χ1) is 7.96. The molecule has 0 unspecified atom stereocenters. The van der Waals surface area contributed by atoms with Crippen LogP contribution in [0.25, 0.3) is 5.57 Å². The molecule has 0 bridgehead atoms. The first kappa shape index (κ1) is 14.2. The first-order valence-corrected chi connectivity index (χ1v) is 7.62. The van der Waals surface area contributed by atoms with E-state index in [2.05, 4.69) is 58.5 Å². The van der Waals surface area contributed by atoms with E-state index < -0.39 is 9.76 Å². The summed E-state index contributed by atoms with van der Waals surface area (Å²) >= 11 is 0. The summed E-state index contributed by atoms with van der Waals surface area (Å²) < 4.78 is 6.14. The number of rotatable bonds is 6. The Balaban J connectivity index is 2.72. The van der Waals surface area contributed by atoms with E-state index in [0.717, 1.165) is 12.0 Å². The van der Waals surface area contributed by atoms with Crippen LogP contribution in [0.2, 0.25) is 0 Å². The number of hydrogen-bond acceptors (Lipinski definition) is 1. The fourth-order valence-corrected chi connectivity index (χ4v) is 3.51. The van der Waals surface area contributed by atoms with Crippen LogP contribution in [-0.2, 0) is 4.43 Å². The Kier molecular flexibility index (Phi) is 5.16. The lowest BCUT2D eigenvalue weighted by Gasteiger charge is -2.26. The minimum Gasteiger partial charge on any atom is -0.414 e. The van der Waals surface area contributed by atoms with Crippen molar-refractivity contribution in [3.8, 4) is 0 Å². The van der Waals surface area contributed by atoms with Crippen molar-refractivity contribution in [3.05, 3.63) is 36.4 Å². The SMILES string of the molecule is C=C(C)c1ccccc1[SiH2]OC(C)(C)CCC. The summed E-state index contributed by atoms with van der Waals surface area (Å²) in [4.78, 5) is 0. The van der Waals surface area contributed by atoms with E-state index in [0.29, 0.717) is 0 Å². The molecule has 0 radical (unpaired) electrons. The molecule has 1 aromatic rings. The lowest BCUT2D eigenvalue weighted by atomic mass is 10.0. The van der Waals surface area contributed by atoms with Crippen LogP contribution < -0.4 is 5.19 Å². The van der Waals surface area contributed by atoms with Crippen molar-refractivity contribution in [3.63, 3.8) is 0 Å². The van der Waals surface area contributed by atoms with Gasteiger partial charge in [-0.05, 0) is 37.9 Å². The number of hydrogen-bond donors (Lipinski definition) is 0. The average Bonchev–Trinajstić information content (AvgIpc) is 2.27. The van der Waals surface area contributed by atoms with Crippen LogP contribution >= 0.6 is 0 Å². The van der Waals surface area contributed by atoms with E-state index in [-0.39, 0.29) is 5.60 Å². The molecule has 0 atom stereocenters. The van der Waals surface area contributed by atoms with Gasteiger partial charge >= 0.3 is 0 Å². The van der Waals surface area contributed by atoms with Crippen LogP contribution in [0.4, 0.5) is 0 Å². The molecule has 0 saturated carbocycles. The van der Waals surface area contributed by atoms with Crippen LogP contribution in [0.15, 0.2) is 30.8 Å². The Hall–Kier alpha value is -0.863. The van der Waals surface area contributed by atoms with Gasteiger partial charge in [-0.25, -0.2) is 0 Å². The van der Waals surface area contributed by atoms with Gasteiger partial charge in [0, 0.05) is 0 Å². The molecule has 0 spiro atoms. The standard InChI is InChI=1S/C15H24OSi/c1-6-11-15(4,5)16-17-14-10-8-7-9-13(14)12(2)3/h7-10H,2,6,11,17H2,1,3-5H3. The van der Waals surface area contributed by atoms with Crippen LogP contribution in [0, 0.1) is 0 Å². The molecule has 17 heavy (non-hydrogen) atoms. The van der Waals surface area contributed by atoms with Gasteiger partial charge in [-0.2, -0.15) is 0 Å². The van der Waals surface area contributed by atoms with Crippen LogP contribution in [0.3, 0.4) is 0 Å². The van der Waals surface area contributed by atoms with Crippen molar-refractivity contribution in [2.45, 2.75) is 46.1 Å². The van der Waals surface area contributed by atoms with Crippen LogP contribution in [0.5, 0.6) is 0 Å². The van der Waals surface area contributed by atoms with E-state index in [1.54, 1.807) is 0 Å². The maximum atomic E-state index is 6.14. The molecule has 0 aliphatic rings. The molecule has 0 amide bonds. The van der Waals surface area contributed by atoms with Crippen LogP contribution in [-0.4, -0.2) is 15.4 Å². The Labute approximate surface area is 108 Å². The molecule has 0 saturated heterocycles. The number of benzene rings is 1. The Morgan fingerprint density at radius 1 is 1.35 bits per heavy atom. The van der Waals surface area contributed by atoms with Gasteiger partial charge < -0.3 is 4.43 Å². The minimum absolute atomic E-state index is 0.0170. The summed E-state index contributed by atoms with van der Waals surface area (Å²) in [6, 6.07) is 8.48. The summed E-state index contributed by atoms with van der Waals surface area (Å²) in [5.41, 5.74) is 2.42. The molecule has 1 nitrogen and oxygen atoms in total. The summed E-state index contributed by atoms with van der Waals surface area (Å²) in [5.74, 6) is 0. The van der Waals surface area contributed by atoms with Gasteiger partial charge in [0.2, 0.25) is 0 Å². The molecule has 0 aliphatic carbocycles. The van der Waals surface area contributed by atoms with Crippen molar-refractivity contribution < 1.29 is 4.43 Å². The molecule has 0 fully saturated rings. The topological polar surface area (TPSA) is 9.23 Å². The second-order valence-electron chi connectivity index (χ2n) is 5.24. The molecular weight excluding hydrogens is 224 g/mol. The van der Waals surface area contributed by atoms with Crippen molar-refractivity contribution in [2.75, 3.05) is 0 Å². The smallest absolute Gasteiger partial charge is 0.193 e. The Morgan fingerprint density at radius 2 is 2.00 bits per heavy atom. The normalized spacial score (nSPS) is 12.2. The zero-order valence-electron chi connectivity index (χ0n) is 11.5. The molecular formula is C15H24OSi. The first-order valence-electron chi connectivity index (χ1n) is 6.34. The van der Waals surface area contributed by atoms with Gasteiger partial charge in [0.05, 0.1) is 5.60 Å². The molecule has 1 aromatic carbocycles. The van der Waals surface area contributed by atoms with Gasteiger partial charge in [0.1, 0.15) is 0 Å². The van der Waals surface area contributed by atoms with Crippen LogP contribution in [0.1, 0.15) is 46.1 Å². The van der Waals surface area contributed by atoms with Gasteiger partial charge in [-0.15, -0.1) is 0 Å². The predicted octanol–water partition coefficient (Wildman–Crippen LogP) is 3.02. The Morgan fingerprint density at radius 3 is 2.59 bits per heavy atom. The van der Waals surface area contributed by atoms with E-state index in [1.807, 2.05) is 0 Å². The van der Waals surface area contributed by atoms with Crippen molar-refractivity contribution in [2.24, 2.45) is 0 Å². The molecule has 0 aliphatic heterocycles. The fourth-order valence-electron chi connectivity index (χ4n) is 2.01. The van der Waals surface area contributed by atoms with Crippen molar-refractivity contribution in [1.29, 1.82) is 0 Å². The van der Waals surface area contributed by atoms with Gasteiger partial charge in [0.25, 0.3) is 0 Å². The maximum absolute atomic E-state index is 6.14. The average molecular weight is 248 g/mol. The van der Waals surface area contributed by atoms with E-state index in [9.17, 15) is 0 Å². The predicted molar refractivity (Wildman–Crippen MR) is 79.4 cm³/mol. The third-order valence-electron chi connectivity index (χ3n) is 2.95. The lowest BCUT2D eigenvalue weighted by molar-refractivity contribution is 0.107. The molecule has 2 heteroatoms. The summed E-state index contributed by atoms with van der Waals surface area (Å²) in [6.45, 7) is 12.7. The van der Waals surface area contributed by atoms with Gasteiger partial charge in [-0.1, -0.05) is 49.8 Å². The Bertz CT molecular complexity index is 382. The second kappa shape index (κ2) is 6.17. The lowest BCUT2D eigenvalue weighted by Crippen LogP contribution is -2.32. The van der Waals surface area contributed by atoms with Gasteiger partial charge in [-0.3, -0.25) is 0 Å². The highest BCUT2D eigenvalue weighted by Crippen LogP contribution is 2.16. The molecule has 0 aromatic heterocycles. The maximum Gasteiger partial charge on any atom is 0.193 e. The summed E-state index contributed by atoms with van der Waals surface area (Å²) in [7, 11) is -0.668. The minimum atomic E-state index is -0.668. The quantitative estimate of drug-likeness (QED) is 0.703. The van der Waals surface area contributed by atoms with Crippen molar-refractivity contribution in [1.82, 2.24) is 0 Å². The van der Waals surface area contributed by atoms with Gasteiger partial charge in [0.15, 0.2) is 9.76 Å². The molecule has 94 valence electrons. The van der Waals surface area contributed by atoms with E-state index in [1.165, 1.54) is 17.2 Å². The van der Waals surface area contributed by atoms with E-state index >= 15 is 0 Å². The highest BCUT2D eigenvalue weighted by Gasteiger charge is 2.17. The largest absolute Gasteiger partial charge is 0.414 e. The van der Waals surface area contributed by atoms with Crippen molar-refractivity contribution >= 4 is 20.5 Å². The summed E-state index contributed by atoms with van der Waals surface area (Å²) in [5, 5.41) is 1.36. The second-order valence-corrected chi connectivity index (χ2v) is 6.57. The highest BCUT2D eigenvalue weighted by molar-refractivity contribution is 6.48. The zero-order chi connectivity index (χ0) is 12.9. The third kappa shape index (κ3) is 4.48. The molecule has 1 rings (SSSR count). The number of allylic oxidation sites excluding steroid dienone is 1. The third-order valence-corrected chi connectivity index (χ3v) is 4.80. The monoisotopic (exact) mass is 248 g/mol. The highest BCUT2D eigenvalue weighted by atomic mass is 28.2.